The molecule has 0 aliphatic heterocycles. The van der Waals surface area contributed by atoms with Gasteiger partial charge in [-0.3, -0.25) is 10.1 Å². The Morgan fingerprint density at radius 2 is 1.70 bits per heavy atom. The first-order valence-electron chi connectivity index (χ1n) is 11.0. The predicted octanol–water partition coefficient (Wildman–Crippen LogP) is 5.01. The lowest BCUT2D eigenvalue weighted by molar-refractivity contribution is 0.0962. The van der Waals surface area contributed by atoms with Crippen LogP contribution in [-0.4, -0.2) is 32.8 Å². The van der Waals surface area contributed by atoms with Crippen molar-refractivity contribution < 1.29 is 9.53 Å². The summed E-state index contributed by atoms with van der Waals surface area (Å²) in [6, 6.07) is 12.0. The largest absolute Gasteiger partial charge is 0.497 e. The van der Waals surface area contributed by atoms with Crippen LogP contribution in [0.2, 0.25) is 0 Å². The molecule has 0 unspecified atom stereocenters. The van der Waals surface area contributed by atoms with Crippen molar-refractivity contribution in [2.24, 2.45) is 0 Å². The molecule has 0 amide bonds. The highest BCUT2D eigenvalue weighted by Crippen LogP contribution is 2.33. The normalized spacial score (nSPS) is 15.4. The number of carbonyl (C=O) groups excluding carboxylic acids is 1. The summed E-state index contributed by atoms with van der Waals surface area (Å²) in [6.07, 6.45) is 2.72. The SMILES string of the molecule is COc1ccc([C@H]2CC(=O)c3cnc(Nc4nc(C)c5cc(C)c(C)cc5n4)nc3C2)cc1. The predicted molar refractivity (Wildman–Crippen MR) is 127 cm³/mol. The van der Waals surface area contributed by atoms with Gasteiger partial charge in [0, 0.05) is 18.0 Å². The summed E-state index contributed by atoms with van der Waals surface area (Å²) in [6.45, 7) is 6.12. The number of nitrogens with one attached hydrogen (secondary N) is 1. The molecule has 0 fully saturated rings. The van der Waals surface area contributed by atoms with Crippen LogP contribution in [-0.2, 0) is 6.42 Å². The zero-order valence-electron chi connectivity index (χ0n) is 19.1. The molecule has 7 nitrogen and oxygen atoms in total. The molecule has 33 heavy (non-hydrogen) atoms. The summed E-state index contributed by atoms with van der Waals surface area (Å²) in [5.74, 6) is 1.76. The molecule has 1 aliphatic carbocycles. The van der Waals surface area contributed by atoms with Crippen molar-refractivity contribution >= 4 is 28.6 Å². The number of anilines is 2. The van der Waals surface area contributed by atoms with E-state index in [4.69, 9.17) is 4.74 Å². The number of ether oxygens (including phenoxy) is 1. The van der Waals surface area contributed by atoms with E-state index >= 15 is 0 Å². The lowest BCUT2D eigenvalue weighted by Crippen LogP contribution is -2.21. The number of hydrogen-bond donors (Lipinski definition) is 1. The summed E-state index contributed by atoms with van der Waals surface area (Å²) in [4.78, 5) is 31.0. The Morgan fingerprint density at radius 1 is 0.939 bits per heavy atom. The minimum atomic E-state index is 0.0623. The number of carbonyl (C=O) groups is 1. The van der Waals surface area contributed by atoms with Crippen LogP contribution in [0.25, 0.3) is 10.9 Å². The number of aryl methyl sites for hydroxylation is 3. The number of ketones is 1. The maximum atomic E-state index is 12.8. The van der Waals surface area contributed by atoms with Gasteiger partial charge in [-0.1, -0.05) is 12.1 Å². The van der Waals surface area contributed by atoms with Gasteiger partial charge in [0.25, 0.3) is 0 Å². The van der Waals surface area contributed by atoms with E-state index in [0.717, 1.165) is 33.6 Å². The van der Waals surface area contributed by atoms with E-state index in [1.165, 1.54) is 11.1 Å². The molecule has 4 aromatic rings. The number of rotatable bonds is 4. The molecule has 0 saturated heterocycles. The first-order valence-corrected chi connectivity index (χ1v) is 11.0. The van der Waals surface area contributed by atoms with Crippen molar-refractivity contribution in [1.82, 2.24) is 19.9 Å². The van der Waals surface area contributed by atoms with Crippen LogP contribution in [0.5, 0.6) is 5.75 Å². The number of fused-ring (bicyclic) bond motifs is 2. The molecule has 5 rings (SSSR count). The Kier molecular flexibility index (Phi) is 5.24. The highest BCUT2D eigenvalue weighted by Gasteiger charge is 2.28. The van der Waals surface area contributed by atoms with Crippen molar-refractivity contribution in [3.05, 3.63) is 76.2 Å². The maximum Gasteiger partial charge on any atom is 0.230 e. The number of nitrogens with zero attached hydrogens (tertiary/aromatic N) is 4. The van der Waals surface area contributed by atoms with E-state index in [2.05, 4.69) is 51.2 Å². The highest BCUT2D eigenvalue weighted by atomic mass is 16.5. The van der Waals surface area contributed by atoms with E-state index in [1.54, 1.807) is 13.3 Å². The molecule has 1 N–H and O–H groups in total. The van der Waals surface area contributed by atoms with Gasteiger partial charge in [0.2, 0.25) is 11.9 Å². The molecule has 2 aromatic heterocycles. The third-order valence-corrected chi connectivity index (χ3v) is 6.35. The Balaban J connectivity index is 1.43. The molecule has 0 bridgehead atoms. The number of aromatic nitrogens is 4. The van der Waals surface area contributed by atoms with E-state index in [1.807, 2.05) is 31.2 Å². The lowest BCUT2D eigenvalue weighted by Gasteiger charge is -2.23. The third kappa shape index (κ3) is 4.02. The molecular formula is C26H25N5O2. The molecule has 2 aromatic carbocycles. The lowest BCUT2D eigenvalue weighted by atomic mass is 9.82. The van der Waals surface area contributed by atoms with Crippen molar-refractivity contribution in [3.8, 4) is 5.75 Å². The van der Waals surface area contributed by atoms with Gasteiger partial charge >= 0.3 is 0 Å². The Bertz CT molecular complexity index is 1380. The Labute approximate surface area is 192 Å². The summed E-state index contributed by atoms with van der Waals surface area (Å²) < 4.78 is 5.25. The summed E-state index contributed by atoms with van der Waals surface area (Å²) in [5, 5.41) is 4.16. The summed E-state index contributed by atoms with van der Waals surface area (Å²) in [5.41, 5.74) is 6.59. The van der Waals surface area contributed by atoms with E-state index in [0.29, 0.717) is 30.3 Å². The molecule has 166 valence electrons. The fraction of sp³-hybridized carbons (Fsp3) is 0.269. The van der Waals surface area contributed by atoms with Gasteiger partial charge in [-0.25, -0.2) is 19.9 Å². The molecule has 0 spiro atoms. The monoisotopic (exact) mass is 439 g/mol. The van der Waals surface area contributed by atoms with Crippen LogP contribution in [0.15, 0.2) is 42.6 Å². The minimum Gasteiger partial charge on any atom is -0.497 e. The zero-order chi connectivity index (χ0) is 23.1. The van der Waals surface area contributed by atoms with Gasteiger partial charge in [0.1, 0.15) is 5.75 Å². The van der Waals surface area contributed by atoms with Gasteiger partial charge in [0.05, 0.1) is 29.6 Å². The number of methoxy groups -OCH3 is 1. The van der Waals surface area contributed by atoms with Crippen LogP contribution < -0.4 is 10.1 Å². The van der Waals surface area contributed by atoms with Gasteiger partial charge < -0.3 is 4.74 Å². The molecule has 1 aliphatic rings. The molecule has 0 saturated carbocycles. The number of benzene rings is 2. The zero-order valence-corrected chi connectivity index (χ0v) is 19.1. The fourth-order valence-electron chi connectivity index (χ4n) is 4.31. The average Bonchev–Trinajstić information content (AvgIpc) is 2.80. The van der Waals surface area contributed by atoms with Crippen molar-refractivity contribution in [2.75, 3.05) is 12.4 Å². The van der Waals surface area contributed by atoms with Gasteiger partial charge in [-0.05, 0) is 74.1 Å². The summed E-state index contributed by atoms with van der Waals surface area (Å²) in [7, 11) is 1.64. The highest BCUT2D eigenvalue weighted by molar-refractivity contribution is 5.98. The molecule has 2 heterocycles. The first-order chi connectivity index (χ1) is 15.9. The quantitative estimate of drug-likeness (QED) is 0.478. The van der Waals surface area contributed by atoms with Crippen molar-refractivity contribution in [2.45, 2.75) is 39.5 Å². The topological polar surface area (TPSA) is 89.9 Å². The minimum absolute atomic E-state index is 0.0623. The smallest absolute Gasteiger partial charge is 0.230 e. The fourth-order valence-corrected chi connectivity index (χ4v) is 4.31. The second-order valence-corrected chi connectivity index (χ2v) is 8.57. The van der Waals surface area contributed by atoms with Crippen molar-refractivity contribution in [3.63, 3.8) is 0 Å². The second-order valence-electron chi connectivity index (χ2n) is 8.57. The third-order valence-electron chi connectivity index (χ3n) is 6.35. The van der Waals surface area contributed by atoms with Gasteiger partial charge in [0.15, 0.2) is 5.78 Å². The van der Waals surface area contributed by atoms with Gasteiger partial charge in [-0.15, -0.1) is 0 Å². The molecule has 7 heteroatoms. The van der Waals surface area contributed by atoms with Crippen LogP contribution >= 0.6 is 0 Å². The van der Waals surface area contributed by atoms with E-state index in [9.17, 15) is 4.79 Å². The molecule has 1 atom stereocenters. The Hall–Kier alpha value is -3.87. The van der Waals surface area contributed by atoms with E-state index < -0.39 is 0 Å². The maximum absolute atomic E-state index is 12.8. The first kappa shape index (κ1) is 21.0. The number of Topliss-reactive ketones (excluding diaryl/α,β-unsaturated/α-hetero) is 1. The second kappa shape index (κ2) is 8.24. The van der Waals surface area contributed by atoms with E-state index in [-0.39, 0.29) is 11.7 Å². The molecular weight excluding hydrogens is 414 g/mol. The van der Waals surface area contributed by atoms with Gasteiger partial charge in [-0.2, -0.15) is 0 Å². The van der Waals surface area contributed by atoms with Crippen LogP contribution in [0.1, 0.15) is 50.8 Å². The Morgan fingerprint density at radius 3 is 2.45 bits per heavy atom. The van der Waals surface area contributed by atoms with Crippen molar-refractivity contribution in [1.29, 1.82) is 0 Å². The summed E-state index contributed by atoms with van der Waals surface area (Å²) >= 11 is 0. The standard InChI is InChI=1S/C26H25N5O2/c1-14-9-20-16(3)28-26(30-22(20)10-15(14)2)31-25-27-13-21-23(29-25)11-18(12-24(21)32)17-5-7-19(33-4)8-6-17/h5-10,13,18H,11-12H2,1-4H3,(H,27,28,29,30,31)/t18-/m1/s1. The van der Waals surface area contributed by atoms with Crippen LogP contribution in [0.3, 0.4) is 0 Å². The van der Waals surface area contributed by atoms with Crippen LogP contribution in [0.4, 0.5) is 11.9 Å². The molecule has 0 radical (unpaired) electrons. The number of hydrogen-bond acceptors (Lipinski definition) is 7. The average molecular weight is 440 g/mol. The van der Waals surface area contributed by atoms with Crippen LogP contribution in [0, 0.1) is 20.8 Å².